The van der Waals surface area contributed by atoms with Crippen LogP contribution in [0.25, 0.3) is 0 Å². The standard InChI is InChI=1S/C17H22N4O3S/c1-10-6-13(11(2)24-10)16(23)19-7-12-4-3-5-21(8-12)17-20-14(9-25-17)15(18)22/h6,9,12H,3-5,7-8H2,1-2H3,(H2,18,22)(H,19,23). The van der Waals surface area contributed by atoms with Crippen LogP contribution in [0.4, 0.5) is 5.13 Å². The fraction of sp³-hybridized carbons (Fsp3) is 0.471. The Balaban J connectivity index is 1.57. The molecular weight excluding hydrogens is 340 g/mol. The molecule has 0 spiro atoms. The van der Waals surface area contributed by atoms with E-state index >= 15 is 0 Å². The number of nitrogens with two attached hydrogens (primary N) is 1. The second kappa shape index (κ2) is 7.26. The zero-order chi connectivity index (χ0) is 18.0. The normalized spacial score (nSPS) is 17.5. The minimum Gasteiger partial charge on any atom is -0.466 e. The molecule has 0 saturated carbocycles. The van der Waals surface area contributed by atoms with E-state index in [1.165, 1.54) is 11.3 Å². The fourth-order valence-electron chi connectivity index (χ4n) is 3.12. The first-order chi connectivity index (χ1) is 11.9. The number of nitrogens with one attached hydrogen (secondary N) is 1. The van der Waals surface area contributed by atoms with Crippen LogP contribution in [-0.4, -0.2) is 36.4 Å². The molecule has 2 amide bonds. The Morgan fingerprint density at radius 2 is 2.28 bits per heavy atom. The number of carbonyl (C=O) groups is 2. The Bertz CT molecular complexity index is 783. The number of aryl methyl sites for hydroxylation is 2. The molecule has 134 valence electrons. The van der Waals surface area contributed by atoms with Crippen LogP contribution in [0.15, 0.2) is 15.9 Å². The Morgan fingerprint density at radius 1 is 1.48 bits per heavy atom. The first-order valence-electron chi connectivity index (χ1n) is 8.29. The Hall–Kier alpha value is -2.35. The number of aromatic nitrogens is 1. The quantitative estimate of drug-likeness (QED) is 0.848. The summed E-state index contributed by atoms with van der Waals surface area (Å²) in [5.41, 5.74) is 6.17. The highest BCUT2D eigenvalue weighted by molar-refractivity contribution is 7.13. The van der Waals surface area contributed by atoms with E-state index in [1.807, 2.05) is 6.92 Å². The first-order valence-corrected chi connectivity index (χ1v) is 9.17. The molecular formula is C17H22N4O3S. The minimum absolute atomic E-state index is 0.100. The van der Waals surface area contributed by atoms with Crippen LogP contribution >= 0.6 is 11.3 Å². The van der Waals surface area contributed by atoms with Gasteiger partial charge in [0.15, 0.2) is 5.13 Å². The molecule has 0 aliphatic carbocycles. The SMILES string of the molecule is Cc1cc(C(=O)NCC2CCCN(c3nc(C(N)=O)cs3)C2)c(C)o1. The van der Waals surface area contributed by atoms with Gasteiger partial charge in [-0.25, -0.2) is 4.98 Å². The van der Waals surface area contributed by atoms with Gasteiger partial charge in [0, 0.05) is 25.0 Å². The summed E-state index contributed by atoms with van der Waals surface area (Å²) in [6, 6.07) is 1.76. The van der Waals surface area contributed by atoms with Crippen LogP contribution in [0, 0.1) is 19.8 Å². The Morgan fingerprint density at radius 3 is 2.92 bits per heavy atom. The van der Waals surface area contributed by atoms with Crippen LogP contribution in [0.3, 0.4) is 0 Å². The van der Waals surface area contributed by atoms with Crippen molar-refractivity contribution in [2.75, 3.05) is 24.5 Å². The summed E-state index contributed by atoms with van der Waals surface area (Å²) >= 11 is 1.43. The zero-order valence-corrected chi connectivity index (χ0v) is 15.2. The van der Waals surface area contributed by atoms with Crippen molar-refractivity contribution in [3.05, 3.63) is 34.2 Å². The van der Waals surface area contributed by atoms with Gasteiger partial charge < -0.3 is 20.4 Å². The van der Waals surface area contributed by atoms with Crippen LogP contribution < -0.4 is 16.0 Å². The second-order valence-corrected chi connectivity index (χ2v) is 7.21. The van der Waals surface area contributed by atoms with Gasteiger partial charge in [0.2, 0.25) is 0 Å². The number of carbonyl (C=O) groups excluding carboxylic acids is 2. The highest BCUT2D eigenvalue weighted by atomic mass is 32.1. The number of nitrogens with zero attached hydrogens (tertiary/aromatic N) is 2. The van der Waals surface area contributed by atoms with Gasteiger partial charge in [0.1, 0.15) is 17.2 Å². The minimum atomic E-state index is -0.505. The summed E-state index contributed by atoms with van der Waals surface area (Å²) in [7, 11) is 0. The van der Waals surface area contributed by atoms with Gasteiger partial charge in [-0.2, -0.15) is 0 Å². The molecule has 8 heteroatoms. The topological polar surface area (TPSA) is 101 Å². The number of amides is 2. The van der Waals surface area contributed by atoms with Crippen molar-refractivity contribution in [3.63, 3.8) is 0 Å². The Labute approximate surface area is 150 Å². The van der Waals surface area contributed by atoms with Crippen LogP contribution in [-0.2, 0) is 0 Å². The average Bonchev–Trinajstić information content (AvgIpc) is 3.19. The van der Waals surface area contributed by atoms with E-state index in [-0.39, 0.29) is 5.91 Å². The predicted molar refractivity (Wildman–Crippen MR) is 96.1 cm³/mol. The lowest BCUT2D eigenvalue weighted by Gasteiger charge is -2.32. The van der Waals surface area contributed by atoms with Gasteiger partial charge >= 0.3 is 0 Å². The third-order valence-corrected chi connectivity index (χ3v) is 5.27. The molecule has 2 aromatic heterocycles. The lowest BCUT2D eigenvalue weighted by Crippen LogP contribution is -2.41. The molecule has 1 fully saturated rings. The smallest absolute Gasteiger partial charge is 0.268 e. The first kappa shape index (κ1) is 17.5. The van der Waals surface area contributed by atoms with Crippen molar-refractivity contribution in [3.8, 4) is 0 Å². The molecule has 0 radical (unpaired) electrons. The number of thiazole rings is 1. The van der Waals surface area contributed by atoms with Gasteiger partial charge in [-0.3, -0.25) is 9.59 Å². The highest BCUT2D eigenvalue weighted by Crippen LogP contribution is 2.26. The summed E-state index contributed by atoms with van der Waals surface area (Å²) in [6.07, 6.45) is 2.07. The van der Waals surface area contributed by atoms with Crippen LogP contribution in [0.1, 0.15) is 45.2 Å². The molecule has 3 heterocycles. The number of anilines is 1. The molecule has 3 N–H and O–H groups in total. The maximum Gasteiger partial charge on any atom is 0.268 e. The average molecular weight is 362 g/mol. The lowest BCUT2D eigenvalue weighted by molar-refractivity contribution is 0.0942. The van der Waals surface area contributed by atoms with Crippen LogP contribution in [0.2, 0.25) is 0 Å². The van der Waals surface area contributed by atoms with Crippen molar-refractivity contribution in [2.24, 2.45) is 11.7 Å². The zero-order valence-electron chi connectivity index (χ0n) is 14.4. The van der Waals surface area contributed by atoms with E-state index in [9.17, 15) is 9.59 Å². The molecule has 3 rings (SSSR count). The molecule has 2 aromatic rings. The number of hydrogen-bond acceptors (Lipinski definition) is 6. The summed E-state index contributed by atoms with van der Waals surface area (Å²) in [4.78, 5) is 30.0. The molecule has 1 aliphatic heterocycles. The fourth-order valence-corrected chi connectivity index (χ4v) is 3.97. The monoisotopic (exact) mass is 362 g/mol. The van der Waals surface area contributed by atoms with E-state index in [2.05, 4.69) is 15.2 Å². The predicted octanol–water partition coefficient (Wildman–Crippen LogP) is 2.10. The van der Waals surface area contributed by atoms with Crippen molar-refractivity contribution in [1.29, 1.82) is 0 Å². The molecule has 0 bridgehead atoms. The third-order valence-electron chi connectivity index (χ3n) is 4.37. The molecule has 25 heavy (non-hydrogen) atoms. The molecule has 1 unspecified atom stereocenters. The maximum atomic E-state index is 12.3. The lowest BCUT2D eigenvalue weighted by atomic mass is 9.98. The highest BCUT2D eigenvalue weighted by Gasteiger charge is 2.24. The van der Waals surface area contributed by atoms with Gasteiger partial charge in [-0.05, 0) is 38.7 Å². The van der Waals surface area contributed by atoms with Gasteiger partial charge in [0.25, 0.3) is 11.8 Å². The Kier molecular flexibility index (Phi) is 5.08. The van der Waals surface area contributed by atoms with Gasteiger partial charge in [-0.1, -0.05) is 0 Å². The van der Waals surface area contributed by atoms with E-state index in [0.29, 0.717) is 29.5 Å². The van der Waals surface area contributed by atoms with Gasteiger partial charge in [-0.15, -0.1) is 11.3 Å². The maximum absolute atomic E-state index is 12.3. The summed E-state index contributed by atoms with van der Waals surface area (Å²) in [6.45, 7) is 5.93. The van der Waals surface area contributed by atoms with E-state index in [1.54, 1.807) is 18.4 Å². The van der Waals surface area contributed by atoms with Gasteiger partial charge in [0.05, 0.1) is 5.56 Å². The number of rotatable bonds is 5. The number of piperidine rings is 1. The molecule has 1 saturated heterocycles. The number of hydrogen-bond donors (Lipinski definition) is 2. The number of primary amides is 1. The molecule has 7 nitrogen and oxygen atoms in total. The van der Waals surface area contributed by atoms with E-state index in [4.69, 9.17) is 10.2 Å². The summed E-state index contributed by atoms with van der Waals surface area (Å²) in [5, 5.41) is 5.50. The summed E-state index contributed by atoms with van der Waals surface area (Å²) < 4.78 is 5.41. The third kappa shape index (κ3) is 4.01. The summed E-state index contributed by atoms with van der Waals surface area (Å²) in [5.74, 6) is 1.11. The van der Waals surface area contributed by atoms with E-state index in [0.717, 1.165) is 36.8 Å². The van der Waals surface area contributed by atoms with Crippen molar-refractivity contribution < 1.29 is 14.0 Å². The van der Waals surface area contributed by atoms with Crippen LogP contribution in [0.5, 0.6) is 0 Å². The molecule has 1 aliphatic rings. The molecule has 0 aromatic carbocycles. The van der Waals surface area contributed by atoms with Crippen molar-refractivity contribution in [1.82, 2.24) is 10.3 Å². The second-order valence-electron chi connectivity index (χ2n) is 6.37. The largest absolute Gasteiger partial charge is 0.466 e. The van der Waals surface area contributed by atoms with E-state index < -0.39 is 5.91 Å². The van der Waals surface area contributed by atoms with Crippen molar-refractivity contribution >= 4 is 28.3 Å². The number of furan rings is 1. The molecule has 1 atom stereocenters. The van der Waals surface area contributed by atoms with Crippen molar-refractivity contribution in [2.45, 2.75) is 26.7 Å².